The van der Waals surface area contributed by atoms with Crippen LogP contribution < -0.4 is 15.2 Å². The largest absolute Gasteiger partial charge is 0.872 e. The van der Waals surface area contributed by atoms with Gasteiger partial charge in [0.25, 0.3) is 11.6 Å². The number of rotatable bonds is 6. The maximum absolute atomic E-state index is 12.7. The van der Waals surface area contributed by atoms with Gasteiger partial charge in [-0.3, -0.25) is 14.9 Å². The van der Waals surface area contributed by atoms with Crippen molar-refractivity contribution < 1.29 is 24.0 Å². The van der Waals surface area contributed by atoms with Crippen molar-refractivity contribution in [1.82, 2.24) is 5.32 Å². The molecule has 0 radical (unpaired) electrons. The molecule has 120 valence electrons. The molecule has 0 heterocycles. The fraction of sp³-hybridized carbons (Fsp3) is 0.133. The van der Waals surface area contributed by atoms with Gasteiger partial charge in [0.05, 0.1) is 4.92 Å². The third-order valence-electron chi connectivity index (χ3n) is 2.91. The summed E-state index contributed by atoms with van der Waals surface area (Å²) >= 11 is 0. The van der Waals surface area contributed by atoms with E-state index in [2.05, 4.69) is 5.32 Å². The standard InChI is InChI=1S/C15H13FN2O5/c16-11-1-4-13(5-2-11)23-9-15(20)17-8-10-7-12(18(21)22)3-6-14(10)19/h1-7,19H,8-9H2,(H,17,20)/p-1. The van der Waals surface area contributed by atoms with E-state index in [0.29, 0.717) is 5.75 Å². The van der Waals surface area contributed by atoms with Gasteiger partial charge in [-0.25, -0.2) is 4.39 Å². The number of hydrogen-bond donors (Lipinski definition) is 1. The second-order valence-corrected chi connectivity index (χ2v) is 4.57. The van der Waals surface area contributed by atoms with E-state index in [0.717, 1.165) is 18.2 Å². The van der Waals surface area contributed by atoms with Crippen molar-refractivity contribution in [3.05, 3.63) is 64.0 Å². The highest BCUT2D eigenvalue weighted by Gasteiger charge is 2.08. The van der Waals surface area contributed by atoms with E-state index in [1.807, 2.05) is 0 Å². The van der Waals surface area contributed by atoms with Crippen molar-refractivity contribution in [3.63, 3.8) is 0 Å². The Morgan fingerprint density at radius 1 is 1.22 bits per heavy atom. The zero-order valence-electron chi connectivity index (χ0n) is 11.8. The van der Waals surface area contributed by atoms with E-state index >= 15 is 0 Å². The minimum absolute atomic E-state index is 0.106. The maximum atomic E-state index is 12.7. The van der Waals surface area contributed by atoms with Crippen LogP contribution in [0.2, 0.25) is 0 Å². The molecule has 8 heteroatoms. The molecule has 0 fully saturated rings. The van der Waals surface area contributed by atoms with Crippen LogP contribution in [0.3, 0.4) is 0 Å². The van der Waals surface area contributed by atoms with Crippen LogP contribution in [-0.4, -0.2) is 17.4 Å². The first-order valence-electron chi connectivity index (χ1n) is 6.55. The van der Waals surface area contributed by atoms with E-state index in [9.17, 15) is 24.4 Å². The predicted octanol–water partition coefficient (Wildman–Crippen LogP) is 1.50. The van der Waals surface area contributed by atoms with Gasteiger partial charge >= 0.3 is 0 Å². The smallest absolute Gasteiger partial charge is 0.269 e. The van der Waals surface area contributed by atoms with E-state index in [-0.39, 0.29) is 24.4 Å². The van der Waals surface area contributed by atoms with Crippen molar-refractivity contribution in [1.29, 1.82) is 0 Å². The van der Waals surface area contributed by atoms with Crippen LogP contribution >= 0.6 is 0 Å². The van der Waals surface area contributed by atoms with E-state index in [1.54, 1.807) is 0 Å². The lowest BCUT2D eigenvalue weighted by Crippen LogP contribution is -2.28. The Bertz CT molecular complexity index is 718. The summed E-state index contributed by atoms with van der Waals surface area (Å²) in [4.78, 5) is 21.7. The van der Waals surface area contributed by atoms with Gasteiger partial charge in [-0.05, 0) is 29.8 Å². The Morgan fingerprint density at radius 3 is 2.57 bits per heavy atom. The van der Waals surface area contributed by atoms with Crippen LogP contribution in [0.25, 0.3) is 0 Å². The Morgan fingerprint density at radius 2 is 1.91 bits per heavy atom. The fourth-order valence-corrected chi connectivity index (χ4v) is 1.74. The molecular weight excluding hydrogens is 307 g/mol. The van der Waals surface area contributed by atoms with E-state index < -0.39 is 22.4 Å². The summed E-state index contributed by atoms with van der Waals surface area (Å²) in [5, 5.41) is 24.7. The number of nitro benzene ring substituents is 1. The highest BCUT2D eigenvalue weighted by Crippen LogP contribution is 2.20. The molecule has 1 amide bonds. The number of nitrogens with one attached hydrogen (secondary N) is 1. The number of carbonyl (C=O) groups excluding carboxylic acids is 1. The minimum atomic E-state index is -0.623. The lowest BCUT2D eigenvalue weighted by Gasteiger charge is -2.13. The van der Waals surface area contributed by atoms with Crippen LogP contribution in [0.4, 0.5) is 10.1 Å². The van der Waals surface area contributed by atoms with Gasteiger partial charge < -0.3 is 15.2 Å². The van der Waals surface area contributed by atoms with E-state index in [1.165, 1.54) is 24.3 Å². The highest BCUT2D eigenvalue weighted by molar-refractivity contribution is 5.77. The van der Waals surface area contributed by atoms with Crippen molar-refractivity contribution >= 4 is 11.6 Å². The maximum Gasteiger partial charge on any atom is 0.269 e. The van der Waals surface area contributed by atoms with Crippen molar-refractivity contribution in [2.75, 3.05) is 6.61 Å². The minimum Gasteiger partial charge on any atom is -0.872 e. The summed E-state index contributed by atoms with van der Waals surface area (Å²) in [5.74, 6) is -1.02. The molecule has 0 aliphatic rings. The topological polar surface area (TPSA) is 105 Å². The van der Waals surface area contributed by atoms with Crippen molar-refractivity contribution in [3.8, 4) is 11.5 Å². The molecule has 2 aromatic rings. The lowest BCUT2D eigenvalue weighted by molar-refractivity contribution is -0.385. The summed E-state index contributed by atoms with van der Waals surface area (Å²) in [7, 11) is 0. The second-order valence-electron chi connectivity index (χ2n) is 4.57. The van der Waals surface area contributed by atoms with Gasteiger partial charge in [-0.1, -0.05) is 6.07 Å². The molecule has 2 aromatic carbocycles. The average Bonchev–Trinajstić information content (AvgIpc) is 2.53. The summed E-state index contributed by atoms with van der Waals surface area (Å²) in [6, 6.07) is 8.43. The first-order chi connectivity index (χ1) is 11.0. The molecule has 2 rings (SSSR count). The molecule has 0 aliphatic heterocycles. The monoisotopic (exact) mass is 319 g/mol. The molecule has 23 heavy (non-hydrogen) atoms. The number of benzene rings is 2. The van der Waals surface area contributed by atoms with Crippen molar-refractivity contribution in [2.24, 2.45) is 0 Å². The van der Waals surface area contributed by atoms with Gasteiger partial charge in [0.15, 0.2) is 6.61 Å². The molecule has 0 atom stereocenters. The Kier molecular flexibility index (Phi) is 5.08. The number of nitrogens with zero attached hydrogens (tertiary/aromatic N) is 1. The summed E-state index contributed by atoms with van der Waals surface area (Å²) in [6.07, 6.45) is 0. The number of halogens is 1. The molecule has 0 saturated heterocycles. The quantitative estimate of drug-likeness (QED) is 0.642. The van der Waals surface area contributed by atoms with Crippen LogP contribution in [0.5, 0.6) is 11.5 Å². The van der Waals surface area contributed by atoms with Crippen LogP contribution in [0.15, 0.2) is 42.5 Å². The molecule has 0 aromatic heterocycles. The summed E-state index contributed by atoms with van der Waals surface area (Å²) in [5.41, 5.74) is -0.120. The van der Waals surface area contributed by atoms with E-state index in [4.69, 9.17) is 4.74 Å². The lowest BCUT2D eigenvalue weighted by atomic mass is 10.2. The Labute approximate surface area is 130 Å². The number of amides is 1. The van der Waals surface area contributed by atoms with Crippen molar-refractivity contribution in [2.45, 2.75) is 6.54 Å². The molecule has 0 unspecified atom stereocenters. The predicted molar refractivity (Wildman–Crippen MR) is 76.3 cm³/mol. The number of hydrogen-bond acceptors (Lipinski definition) is 5. The first-order valence-corrected chi connectivity index (χ1v) is 6.55. The molecule has 7 nitrogen and oxygen atoms in total. The molecule has 0 aliphatic carbocycles. The zero-order chi connectivity index (χ0) is 16.8. The number of ether oxygens (including phenoxy) is 1. The normalized spacial score (nSPS) is 10.1. The fourth-order valence-electron chi connectivity index (χ4n) is 1.74. The highest BCUT2D eigenvalue weighted by atomic mass is 19.1. The average molecular weight is 319 g/mol. The molecule has 0 spiro atoms. The third kappa shape index (κ3) is 4.67. The molecule has 0 bridgehead atoms. The SMILES string of the molecule is O=C(COc1ccc(F)cc1)NCc1cc([N+](=O)[O-])ccc1[O-]. The second kappa shape index (κ2) is 7.21. The van der Waals surface area contributed by atoms with Gasteiger partial charge in [-0.2, -0.15) is 0 Å². The first kappa shape index (κ1) is 16.2. The van der Waals surface area contributed by atoms with Crippen LogP contribution in [0, 0.1) is 15.9 Å². The Balaban J connectivity index is 1.88. The summed E-state index contributed by atoms with van der Waals surface area (Å²) in [6.45, 7) is -0.471. The van der Waals surface area contributed by atoms with Gasteiger partial charge in [-0.15, -0.1) is 5.75 Å². The molecular formula is C15H12FN2O5-. The summed E-state index contributed by atoms with van der Waals surface area (Å²) < 4.78 is 17.8. The molecule has 1 N–H and O–H groups in total. The Hall–Kier alpha value is -3.16. The van der Waals surface area contributed by atoms with Crippen LogP contribution in [0.1, 0.15) is 5.56 Å². The number of carbonyl (C=O) groups is 1. The molecule has 0 saturated carbocycles. The third-order valence-corrected chi connectivity index (χ3v) is 2.91. The van der Waals surface area contributed by atoms with Gasteiger partial charge in [0.1, 0.15) is 11.6 Å². The zero-order valence-corrected chi connectivity index (χ0v) is 11.8. The van der Waals surface area contributed by atoms with Crippen LogP contribution in [-0.2, 0) is 11.3 Å². The number of non-ortho nitro benzene ring substituents is 1. The van der Waals surface area contributed by atoms with Gasteiger partial charge in [0, 0.05) is 18.7 Å². The number of nitro groups is 1. The van der Waals surface area contributed by atoms with Gasteiger partial charge in [0.2, 0.25) is 0 Å².